The summed E-state index contributed by atoms with van der Waals surface area (Å²) in [6, 6.07) is 0. The van der Waals surface area contributed by atoms with E-state index < -0.39 is 11.7 Å². The zero-order valence-electron chi connectivity index (χ0n) is 8.42. The van der Waals surface area contributed by atoms with E-state index in [2.05, 4.69) is 0 Å². The highest BCUT2D eigenvalue weighted by molar-refractivity contribution is 5.75. The minimum absolute atomic E-state index is 0.148. The van der Waals surface area contributed by atoms with Gasteiger partial charge in [0.05, 0.1) is 0 Å². The maximum atomic E-state index is 10.6. The summed E-state index contributed by atoms with van der Waals surface area (Å²) in [5, 5.41) is 0. The summed E-state index contributed by atoms with van der Waals surface area (Å²) in [7, 11) is 0. The molecular weight excluding hydrogens is 170 g/mol. The lowest BCUT2D eigenvalue weighted by Crippen LogP contribution is -2.31. The maximum absolute atomic E-state index is 10.6. The van der Waals surface area contributed by atoms with Crippen LogP contribution in [0.15, 0.2) is 0 Å². The number of Topliss-reactive ketones (excluding diaryl/α,β-unsaturated/α-hetero) is 1. The minimum Gasteiger partial charge on any atom is -0.444 e. The molecule has 0 atom stereocenters. The van der Waals surface area contributed by atoms with Crippen molar-refractivity contribution in [3.05, 3.63) is 0 Å². The summed E-state index contributed by atoms with van der Waals surface area (Å²) in [6.45, 7) is 5.09. The van der Waals surface area contributed by atoms with Gasteiger partial charge in [-0.15, -0.1) is 0 Å². The van der Waals surface area contributed by atoms with Crippen molar-refractivity contribution in [1.82, 2.24) is 0 Å². The number of carbonyl (C=O) groups excluding carboxylic acids is 2. The van der Waals surface area contributed by atoms with Crippen LogP contribution in [0.4, 0.5) is 4.79 Å². The second-order valence-electron chi connectivity index (χ2n) is 3.74. The van der Waals surface area contributed by atoms with Gasteiger partial charge < -0.3 is 15.3 Å². The first-order chi connectivity index (χ1) is 5.83. The average Bonchev–Trinajstić information content (AvgIpc) is 1.81. The number of nitrogens with two attached hydrogens (primary N) is 1. The molecule has 0 aromatic rings. The second kappa shape index (κ2) is 4.84. The Morgan fingerprint density at radius 3 is 2.31 bits per heavy atom. The number of ether oxygens (including phenoxy) is 1. The van der Waals surface area contributed by atoms with Crippen molar-refractivity contribution in [1.29, 1.82) is 0 Å². The van der Waals surface area contributed by atoms with Crippen LogP contribution in [0, 0.1) is 0 Å². The Bertz CT molecular complexity index is 199. The lowest BCUT2D eigenvalue weighted by Gasteiger charge is -2.23. The Labute approximate surface area is 78.4 Å². The molecule has 0 fully saturated rings. The van der Waals surface area contributed by atoms with Crippen molar-refractivity contribution in [3.63, 3.8) is 0 Å². The highest BCUT2D eigenvalue weighted by atomic mass is 16.6. The van der Waals surface area contributed by atoms with Crippen molar-refractivity contribution in [3.8, 4) is 0 Å². The number of carbonyl (C=O) groups is 2. The molecule has 0 radical (unpaired) electrons. The van der Waals surface area contributed by atoms with Gasteiger partial charge in [0.15, 0.2) is 0 Å². The Morgan fingerprint density at radius 2 is 1.92 bits per heavy atom. The van der Waals surface area contributed by atoms with Gasteiger partial charge in [0, 0.05) is 6.42 Å². The van der Waals surface area contributed by atoms with Crippen LogP contribution in [0.25, 0.3) is 0 Å². The molecule has 0 saturated heterocycles. The van der Waals surface area contributed by atoms with Crippen LogP contribution in [-0.4, -0.2) is 17.5 Å². The molecule has 4 heteroatoms. The molecule has 0 heterocycles. The Morgan fingerprint density at radius 1 is 1.38 bits per heavy atom. The van der Waals surface area contributed by atoms with Gasteiger partial charge in [-0.2, -0.15) is 0 Å². The molecular formula is C9H17NO3. The summed E-state index contributed by atoms with van der Waals surface area (Å²) >= 11 is 0. The van der Waals surface area contributed by atoms with E-state index >= 15 is 0 Å². The molecule has 0 aliphatic carbocycles. The van der Waals surface area contributed by atoms with Crippen LogP contribution in [-0.2, 0) is 9.53 Å². The summed E-state index contributed by atoms with van der Waals surface area (Å²) in [5.41, 5.74) is 4.31. The zero-order valence-corrected chi connectivity index (χ0v) is 8.42. The fourth-order valence-electron chi connectivity index (χ4n) is 1.09. The average molecular weight is 187 g/mol. The number of primary amides is 1. The molecule has 2 N–H and O–H groups in total. The summed E-state index contributed by atoms with van der Waals surface area (Å²) < 4.78 is 4.85. The lowest BCUT2D eigenvalue weighted by atomic mass is 10.0. The number of rotatable bonds is 5. The predicted octanol–water partition coefficient (Wildman–Crippen LogP) is 1.62. The maximum Gasteiger partial charge on any atom is 0.405 e. The van der Waals surface area contributed by atoms with Crippen molar-refractivity contribution < 1.29 is 14.3 Å². The van der Waals surface area contributed by atoms with E-state index in [-0.39, 0.29) is 5.78 Å². The van der Waals surface area contributed by atoms with Gasteiger partial charge in [0.2, 0.25) is 0 Å². The third kappa shape index (κ3) is 7.31. The molecule has 0 aromatic carbocycles. The molecule has 76 valence electrons. The first-order valence-electron chi connectivity index (χ1n) is 4.31. The minimum atomic E-state index is -0.771. The van der Waals surface area contributed by atoms with E-state index in [1.54, 1.807) is 20.8 Å². The topological polar surface area (TPSA) is 69.4 Å². The number of hydrogen-bond donors (Lipinski definition) is 1. The molecule has 0 bridgehead atoms. The van der Waals surface area contributed by atoms with Gasteiger partial charge in [0.1, 0.15) is 11.4 Å². The van der Waals surface area contributed by atoms with Crippen LogP contribution in [0.2, 0.25) is 0 Å². The van der Waals surface area contributed by atoms with E-state index in [0.717, 1.165) is 6.42 Å². The van der Waals surface area contributed by atoms with Gasteiger partial charge in [-0.1, -0.05) is 0 Å². The first-order valence-corrected chi connectivity index (χ1v) is 4.31. The third-order valence-corrected chi connectivity index (χ3v) is 1.68. The number of hydrogen-bond acceptors (Lipinski definition) is 3. The van der Waals surface area contributed by atoms with Gasteiger partial charge in [-0.05, 0) is 33.6 Å². The lowest BCUT2D eigenvalue weighted by molar-refractivity contribution is -0.117. The zero-order chi connectivity index (χ0) is 10.5. The molecule has 0 aliphatic rings. The molecule has 13 heavy (non-hydrogen) atoms. The van der Waals surface area contributed by atoms with Crippen molar-refractivity contribution >= 4 is 11.9 Å². The monoisotopic (exact) mass is 187 g/mol. The summed E-state index contributed by atoms with van der Waals surface area (Å²) in [5.74, 6) is 0.148. The highest BCUT2D eigenvalue weighted by Crippen LogP contribution is 2.17. The van der Waals surface area contributed by atoms with Crippen molar-refractivity contribution in [2.75, 3.05) is 0 Å². The smallest absolute Gasteiger partial charge is 0.405 e. The van der Waals surface area contributed by atoms with E-state index in [4.69, 9.17) is 10.5 Å². The molecule has 0 saturated carbocycles. The van der Waals surface area contributed by atoms with Crippen LogP contribution in [0.3, 0.4) is 0 Å². The van der Waals surface area contributed by atoms with Gasteiger partial charge in [-0.25, -0.2) is 4.79 Å². The molecule has 0 aliphatic heterocycles. The van der Waals surface area contributed by atoms with Crippen molar-refractivity contribution in [2.45, 2.75) is 45.6 Å². The van der Waals surface area contributed by atoms with E-state index in [0.29, 0.717) is 12.8 Å². The standard InChI is InChI=1S/C9H17NO3/c1-7(11)5-4-6-9(2,3)13-8(10)12/h4-6H2,1-3H3,(H2,10,12). The van der Waals surface area contributed by atoms with E-state index in [1.807, 2.05) is 0 Å². The fraction of sp³-hybridized carbons (Fsp3) is 0.778. The second-order valence-corrected chi connectivity index (χ2v) is 3.74. The first kappa shape index (κ1) is 11.9. The predicted molar refractivity (Wildman–Crippen MR) is 49.3 cm³/mol. The van der Waals surface area contributed by atoms with Crippen LogP contribution in [0.5, 0.6) is 0 Å². The van der Waals surface area contributed by atoms with Gasteiger partial charge in [0.25, 0.3) is 0 Å². The molecule has 1 amide bonds. The van der Waals surface area contributed by atoms with E-state index in [1.165, 1.54) is 0 Å². The van der Waals surface area contributed by atoms with Crippen LogP contribution < -0.4 is 5.73 Å². The van der Waals surface area contributed by atoms with Gasteiger partial charge >= 0.3 is 6.09 Å². The Kier molecular flexibility index (Phi) is 4.45. The molecule has 0 spiro atoms. The Balaban J connectivity index is 3.75. The number of ketones is 1. The summed E-state index contributed by atoms with van der Waals surface area (Å²) in [4.78, 5) is 21.1. The normalized spacial score (nSPS) is 11.0. The van der Waals surface area contributed by atoms with Crippen LogP contribution >= 0.6 is 0 Å². The quantitative estimate of drug-likeness (QED) is 0.711. The SMILES string of the molecule is CC(=O)CCCC(C)(C)OC(N)=O. The molecule has 0 rings (SSSR count). The summed E-state index contributed by atoms with van der Waals surface area (Å²) in [6.07, 6.45) is 1.12. The van der Waals surface area contributed by atoms with Gasteiger partial charge in [-0.3, -0.25) is 0 Å². The fourth-order valence-corrected chi connectivity index (χ4v) is 1.09. The third-order valence-electron chi connectivity index (χ3n) is 1.68. The number of amides is 1. The highest BCUT2D eigenvalue weighted by Gasteiger charge is 2.20. The van der Waals surface area contributed by atoms with Crippen LogP contribution in [0.1, 0.15) is 40.0 Å². The molecule has 0 aromatic heterocycles. The Hall–Kier alpha value is -1.06. The van der Waals surface area contributed by atoms with Crippen molar-refractivity contribution in [2.24, 2.45) is 5.73 Å². The largest absolute Gasteiger partial charge is 0.444 e. The molecule has 0 unspecified atom stereocenters. The van der Waals surface area contributed by atoms with E-state index in [9.17, 15) is 9.59 Å². The molecule has 4 nitrogen and oxygen atoms in total.